The molecule has 0 radical (unpaired) electrons. The number of hydrogen-bond acceptors (Lipinski definition) is 3. The summed E-state index contributed by atoms with van der Waals surface area (Å²) in [4.78, 5) is 6.18. The van der Waals surface area contributed by atoms with Gasteiger partial charge in [0.15, 0.2) is 0 Å². The van der Waals surface area contributed by atoms with Gasteiger partial charge in [0.2, 0.25) is 0 Å². The maximum absolute atomic E-state index is 12.9. The van der Waals surface area contributed by atoms with Crippen LogP contribution in [0.4, 0.5) is 15.8 Å². The molecule has 0 bridgehead atoms. The quantitative estimate of drug-likeness (QED) is 0.823. The van der Waals surface area contributed by atoms with Crippen LogP contribution in [-0.2, 0) is 13.6 Å². The average molecular weight is 234 g/mol. The number of aryl methyl sites for hydroxylation is 1. The largest absolute Gasteiger partial charge is 0.397 e. The van der Waals surface area contributed by atoms with Crippen LogP contribution in [-0.4, -0.2) is 16.6 Å². The summed E-state index contributed by atoms with van der Waals surface area (Å²) in [6.45, 7) is 0.624. The Bertz CT molecular complexity index is 521. The van der Waals surface area contributed by atoms with E-state index in [-0.39, 0.29) is 5.82 Å². The van der Waals surface area contributed by atoms with Gasteiger partial charge in [-0.1, -0.05) is 0 Å². The van der Waals surface area contributed by atoms with E-state index in [1.165, 1.54) is 12.1 Å². The Hall–Kier alpha value is -2.04. The van der Waals surface area contributed by atoms with Gasteiger partial charge >= 0.3 is 0 Å². The first-order chi connectivity index (χ1) is 8.08. The number of halogens is 1. The van der Waals surface area contributed by atoms with Gasteiger partial charge in [0.25, 0.3) is 0 Å². The van der Waals surface area contributed by atoms with Crippen molar-refractivity contribution in [2.75, 3.05) is 17.7 Å². The van der Waals surface area contributed by atoms with E-state index in [1.807, 2.05) is 29.8 Å². The van der Waals surface area contributed by atoms with Crippen LogP contribution in [0.5, 0.6) is 0 Å². The highest BCUT2D eigenvalue weighted by molar-refractivity contribution is 5.67. The molecule has 2 N–H and O–H groups in total. The summed E-state index contributed by atoms with van der Waals surface area (Å²) in [5.41, 5.74) is 7.01. The zero-order valence-electron chi connectivity index (χ0n) is 9.89. The number of aromatic nitrogens is 2. The first kappa shape index (κ1) is 11.4. The van der Waals surface area contributed by atoms with Crippen molar-refractivity contribution < 1.29 is 4.39 Å². The topological polar surface area (TPSA) is 47.1 Å². The van der Waals surface area contributed by atoms with E-state index >= 15 is 0 Å². The van der Waals surface area contributed by atoms with E-state index in [0.29, 0.717) is 12.2 Å². The Labute approximate surface area is 99.5 Å². The number of imidazole rings is 1. The second-order valence-corrected chi connectivity index (χ2v) is 4.01. The molecule has 1 aromatic heterocycles. The summed E-state index contributed by atoms with van der Waals surface area (Å²) in [5, 5.41) is 0. The van der Waals surface area contributed by atoms with E-state index < -0.39 is 0 Å². The number of hydrogen-bond donors (Lipinski definition) is 1. The highest BCUT2D eigenvalue weighted by atomic mass is 19.1. The molecule has 4 nitrogen and oxygen atoms in total. The third kappa shape index (κ3) is 2.38. The molecular formula is C12H15FN4. The predicted octanol–water partition coefficient (Wildman–Crippen LogP) is 1.78. The van der Waals surface area contributed by atoms with E-state index in [4.69, 9.17) is 5.73 Å². The van der Waals surface area contributed by atoms with Crippen molar-refractivity contribution in [1.82, 2.24) is 9.55 Å². The van der Waals surface area contributed by atoms with Crippen molar-refractivity contribution in [3.8, 4) is 0 Å². The Morgan fingerprint density at radius 1 is 1.47 bits per heavy atom. The SMILES string of the molecule is CN(Cc1nccn1C)c1ccc(F)cc1N. The van der Waals surface area contributed by atoms with Gasteiger partial charge in [0, 0.05) is 26.5 Å². The fourth-order valence-electron chi connectivity index (χ4n) is 1.72. The lowest BCUT2D eigenvalue weighted by molar-refractivity contribution is 0.628. The lowest BCUT2D eigenvalue weighted by Crippen LogP contribution is -2.20. The van der Waals surface area contributed by atoms with E-state index in [9.17, 15) is 4.39 Å². The molecule has 2 aromatic rings. The van der Waals surface area contributed by atoms with Gasteiger partial charge in [0.05, 0.1) is 17.9 Å². The number of nitrogens with two attached hydrogens (primary N) is 1. The number of nitrogen functional groups attached to an aromatic ring is 1. The number of anilines is 2. The van der Waals surface area contributed by atoms with Gasteiger partial charge in [-0.3, -0.25) is 0 Å². The molecule has 1 aromatic carbocycles. The highest BCUT2D eigenvalue weighted by Gasteiger charge is 2.09. The van der Waals surface area contributed by atoms with Crippen LogP contribution in [0.25, 0.3) is 0 Å². The zero-order chi connectivity index (χ0) is 12.4. The maximum Gasteiger partial charge on any atom is 0.127 e. The summed E-state index contributed by atoms with van der Waals surface area (Å²) in [6.07, 6.45) is 3.63. The standard InChI is InChI=1S/C12H15FN4/c1-16-6-5-15-12(16)8-17(2)11-4-3-9(13)7-10(11)14/h3-7H,8,14H2,1-2H3. The summed E-state index contributed by atoms with van der Waals surface area (Å²) in [7, 11) is 3.84. The van der Waals surface area contributed by atoms with Gasteiger partial charge in [-0.15, -0.1) is 0 Å². The molecule has 90 valence electrons. The Kier molecular flexibility index (Phi) is 2.99. The lowest BCUT2D eigenvalue weighted by atomic mass is 10.2. The van der Waals surface area contributed by atoms with Crippen molar-refractivity contribution in [2.45, 2.75) is 6.54 Å². The molecule has 0 spiro atoms. The van der Waals surface area contributed by atoms with Gasteiger partial charge in [-0.25, -0.2) is 9.37 Å². The number of rotatable bonds is 3. The van der Waals surface area contributed by atoms with Crippen LogP contribution in [0.15, 0.2) is 30.6 Å². The molecule has 1 heterocycles. The fourth-order valence-corrected chi connectivity index (χ4v) is 1.72. The molecule has 0 aliphatic heterocycles. The molecule has 0 atom stereocenters. The molecule has 0 fully saturated rings. The van der Waals surface area contributed by atoms with Crippen molar-refractivity contribution in [3.63, 3.8) is 0 Å². The number of nitrogens with zero attached hydrogens (tertiary/aromatic N) is 3. The van der Waals surface area contributed by atoms with Gasteiger partial charge in [-0.05, 0) is 18.2 Å². The number of benzene rings is 1. The van der Waals surface area contributed by atoms with Crippen LogP contribution in [0.1, 0.15) is 5.82 Å². The Morgan fingerprint density at radius 2 is 2.24 bits per heavy atom. The fraction of sp³-hybridized carbons (Fsp3) is 0.250. The van der Waals surface area contributed by atoms with Crippen LogP contribution < -0.4 is 10.6 Å². The second kappa shape index (κ2) is 4.45. The molecule has 0 saturated carbocycles. The van der Waals surface area contributed by atoms with E-state index in [2.05, 4.69) is 4.98 Å². The molecule has 2 rings (SSSR count). The van der Waals surface area contributed by atoms with Crippen LogP contribution in [0.3, 0.4) is 0 Å². The second-order valence-electron chi connectivity index (χ2n) is 4.01. The smallest absolute Gasteiger partial charge is 0.127 e. The predicted molar refractivity (Wildman–Crippen MR) is 66.1 cm³/mol. The minimum absolute atomic E-state index is 0.323. The minimum atomic E-state index is -0.323. The molecular weight excluding hydrogens is 219 g/mol. The highest BCUT2D eigenvalue weighted by Crippen LogP contribution is 2.23. The van der Waals surface area contributed by atoms with E-state index in [1.54, 1.807) is 12.3 Å². The summed E-state index contributed by atoms with van der Waals surface area (Å²) >= 11 is 0. The monoisotopic (exact) mass is 234 g/mol. The third-order valence-electron chi connectivity index (χ3n) is 2.70. The molecule has 0 saturated heterocycles. The van der Waals surface area contributed by atoms with E-state index in [0.717, 1.165) is 11.5 Å². The van der Waals surface area contributed by atoms with Gasteiger partial charge in [0.1, 0.15) is 11.6 Å². The van der Waals surface area contributed by atoms with Crippen LogP contribution >= 0.6 is 0 Å². The molecule has 17 heavy (non-hydrogen) atoms. The maximum atomic E-state index is 12.9. The molecule has 0 amide bonds. The zero-order valence-corrected chi connectivity index (χ0v) is 9.89. The van der Waals surface area contributed by atoms with Crippen molar-refractivity contribution >= 4 is 11.4 Å². The Balaban J connectivity index is 2.20. The van der Waals surface area contributed by atoms with Crippen molar-refractivity contribution in [3.05, 3.63) is 42.2 Å². The van der Waals surface area contributed by atoms with Crippen LogP contribution in [0.2, 0.25) is 0 Å². The Morgan fingerprint density at radius 3 is 2.82 bits per heavy atom. The van der Waals surface area contributed by atoms with Crippen LogP contribution in [0, 0.1) is 5.82 Å². The normalized spacial score (nSPS) is 10.5. The first-order valence-electron chi connectivity index (χ1n) is 5.30. The molecule has 0 aliphatic rings. The van der Waals surface area contributed by atoms with Gasteiger partial charge < -0.3 is 15.2 Å². The summed E-state index contributed by atoms with van der Waals surface area (Å²) < 4.78 is 14.9. The van der Waals surface area contributed by atoms with Crippen molar-refractivity contribution in [1.29, 1.82) is 0 Å². The molecule has 0 unspecified atom stereocenters. The minimum Gasteiger partial charge on any atom is -0.397 e. The average Bonchev–Trinajstić information content (AvgIpc) is 2.64. The van der Waals surface area contributed by atoms with Gasteiger partial charge in [-0.2, -0.15) is 0 Å². The van der Waals surface area contributed by atoms with Crippen molar-refractivity contribution in [2.24, 2.45) is 7.05 Å². The summed E-state index contributed by atoms with van der Waals surface area (Å²) in [5.74, 6) is 0.605. The molecule has 5 heteroatoms. The molecule has 0 aliphatic carbocycles. The summed E-state index contributed by atoms with van der Waals surface area (Å²) in [6, 6.07) is 4.40. The first-order valence-corrected chi connectivity index (χ1v) is 5.30. The lowest BCUT2D eigenvalue weighted by Gasteiger charge is -2.20. The third-order valence-corrected chi connectivity index (χ3v) is 2.70.